The summed E-state index contributed by atoms with van der Waals surface area (Å²) in [5, 5.41) is 4.49. The molecular formula is C17H24ClN3. The number of benzene rings is 1. The first-order chi connectivity index (χ1) is 10.3. The summed E-state index contributed by atoms with van der Waals surface area (Å²) in [5.41, 5.74) is 2.75. The summed E-state index contributed by atoms with van der Waals surface area (Å²) in [7, 11) is 0. The average molecular weight is 306 g/mol. The Labute approximate surface area is 132 Å². The molecule has 1 N–H and O–H groups in total. The molecule has 3 fully saturated rings. The van der Waals surface area contributed by atoms with Gasteiger partial charge in [0.05, 0.1) is 0 Å². The third-order valence-corrected chi connectivity index (χ3v) is 5.37. The Morgan fingerprint density at radius 2 is 2.05 bits per heavy atom. The Morgan fingerprint density at radius 1 is 1.14 bits per heavy atom. The minimum absolute atomic E-state index is 0.750. The van der Waals surface area contributed by atoms with E-state index >= 15 is 0 Å². The number of piperazine rings is 1. The zero-order valence-electron chi connectivity index (χ0n) is 12.5. The third kappa shape index (κ3) is 3.05. The van der Waals surface area contributed by atoms with E-state index in [0.29, 0.717) is 0 Å². The highest BCUT2D eigenvalue weighted by molar-refractivity contribution is 6.30. The molecule has 1 aliphatic carbocycles. The molecule has 2 saturated heterocycles. The van der Waals surface area contributed by atoms with Crippen LogP contribution in [0.15, 0.2) is 18.2 Å². The van der Waals surface area contributed by atoms with Crippen LogP contribution in [0.4, 0.5) is 5.69 Å². The monoisotopic (exact) mass is 305 g/mol. The number of nitrogens with one attached hydrogen (secondary N) is 1. The Bertz CT molecular complexity index is 515. The Morgan fingerprint density at radius 3 is 2.90 bits per heavy atom. The van der Waals surface area contributed by atoms with Crippen molar-refractivity contribution in [2.45, 2.75) is 44.3 Å². The Balaban J connectivity index is 1.52. The van der Waals surface area contributed by atoms with Gasteiger partial charge in [-0.25, -0.2) is 0 Å². The normalized spacial score (nSPS) is 26.1. The molecule has 114 valence electrons. The molecule has 0 bridgehead atoms. The maximum absolute atomic E-state index is 6.26. The molecule has 1 unspecified atom stereocenters. The highest BCUT2D eigenvalue weighted by atomic mass is 35.5. The van der Waals surface area contributed by atoms with Crippen molar-refractivity contribution in [3.8, 4) is 0 Å². The molecule has 3 nitrogen and oxygen atoms in total. The van der Waals surface area contributed by atoms with E-state index in [0.717, 1.165) is 36.7 Å². The summed E-state index contributed by atoms with van der Waals surface area (Å²) in [6.45, 7) is 5.77. The maximum Gasteiger partial charge on any atom is 0.0427 e. The van der Waals surface area contributed by atoms with E-state index in [1.54, 1.807) is 0 Å². The summed E-state index contributed by atoms with van der Waals surface area (Å²) in [5.74, 6) is 0. The standard InChI is InChI=1S/C17H24ClN3/c18-14-4-3-13(11-19-15-5-6-15)17(10-14)21-9-8-20-7-1-2-16(20)12-21/h3-4,10,15-16,19H,1-2,5-9,11-12H2. The molecule has 1 aromatic carbocycles. The quantitative estimate of drug-likeness (QED) is 0.923. The van der Waals surface area contributed by atoms with Crippen LogP contribution in [0.25, 0.3) is 0 Å². The zero-order valence-corrected chi connectivity index (χ0v) is 13.3. The molecule has 2 aliphatic heterocycles. The van der Waals surface area contributed by atoms with E-state index in [2.05, 4.69) is 27.2 Å². The van der Waals surface area contributed by atoms with Gasteiger partial charge in [0.25, 0.3) is 0 Å². The van der Waals surface area contributed by atoms with E-state index in [9.17, 15) is 0 Å². The highest BCUT2D eigenvalue weighted by Gasteiger charge is 2.31. The smallest absolute Gasteiger partial charge is 0.0427 e. The first-order valence-corrected chi connectivity index (χ1v) is 8.68. The second-order valence-electron chi connectivity index (χ2n) is 6.71. The first kappa shape index (κ1) is 13.9. The van der Waals surface area contributed by atoms with E-state index in [1.165, 1.54) is 50.0 Å². The van der Waals surface area contributed by atoms with Crippen molar-refractivity contribution >= 4 is 17.3 Å². The van der Waals surface area contributed by atoms with E-state index < -0.39 is 0 Å². The number of rotatable bonds is 4. The number of hydrogen-bond donors (Lipinski definition) is 1. The minimum Gasteiger partial charge on any atom is -0.368 e. The van der Waals surface area contributed by atoms with Crippen molar-refractivity contribution in [3.05, 3.63) is 28.8 Å². The van der Waals surface area contributed by atoms with Crippen LogP contribution < -0.4 is 10.2 Å². The zero-order chi connectivity index (χ0) is 14.2. The molecule has 3 aliphatic rings. The third-order valence-electron chi connectivity index (χ3n) is 5.13. The van der Waals surface area contributed by atoms with Gasteiger partial charge in [-0.1, -0.05) is 17.7 Å². The lowest BCUT2D eigenvalue weighted by atomic mass is 10.1. The fraction of sp³-hybridized carbons (Fsp3) is 0.647. The molecule has 0 aromatic heterocycles. The molecule has 0 spiro atoms. The fourth-order valence-electron chi connectivity index (χ4n) is 3.73. The molecule has 0 amide bonds. The molecule has 0 radical (unpaired) electrons. The van der Waals surface area contributed by atoms with Crippen molar-refractivity contribution in [2.75, 3.05) is 31.1 Å². The van der Waals surface area contributed by atoms with Crippen LogP contribution in [0, 0.1) is 0 Å². The molecule has 4 rings (SSSR count). The van der Waals surface area contributed by atoms with E-state index in [4.69, 9.17) is 11.6 Å². The van der Waals surface area contributed by atoms with Gasteiger partial charge in [0, 0.05) is 49.0 Å². The van der Waals surface area contributed by atoms with Crippen LogP contribution in [0.1, 0.15) is 31.2 Å². The SMILES string of the molecule is Clc1ccc(CNC2CC2)c(N2CCN3CCCC3C2)c1. The van der Waals surface area contributed by atoms with Crippen LogP contribution in [-0.4, -0.2) is 43.2 Å². The van der Waals surface area contributed by atoms with Crippen LogP contribution in [0.2, 0.25) is 5.02 Å². The van der Waals surface area contributed by atoms with Gasteiger partial charge in [0.15, 0.2) is 0 Å². The number of fused-ring (bicyclic) bond motifs is 1. The van der Waals surface area contributed by atoms with Crippen LogP contribution >= 0.6 is 11.6 Å². The van der Waals surface area contributed by atoms with Crippen LogP contribution in [0.3, 0.4) is 0 Å². The van der Waals surface area contributed by atoms with Gasteiger partial charge >= 0.3 is 0 Å². The van der Waals surface area contributed by atoms with Gasteiger partial charge in [0.1, 0.15) is 0 Å². The summed E-state index contributed by atoms with van der Waals surface area (Å²) in [6.07, 6.45) is 5.39. The maximum atomic E-state index is 6.26. The predicted molar refractivity (Wildman–Crippen MR) is 88.1 cm³/mol. The number of halogens is 1. The lowest BCUT2D eigenvalue weighted by Crippen LogP contribution is -2.50. The average Bonchev–Trinajstić information content (AvgIpc) is 3.21. The van der Waals surface area contributed by atoms with Crippen LogP contribution in [-0.2, 0) is 6.54 Å². The topological polar surface area (TPSA) is 18.5 Å². The summed E-state index contributed by atoms with van der Waals surface area (Å²) in [6, 6.07) is 7.90. The van der Waals surface area contributed by atoms with Crippen molar-refractivity contribution < 1.29 is 0 Å². The first-order valence-electron chi connectivity index (χ1n) is 8.30. The van der Waals surface area contributed by atoms with Crippen molar-refractivity contribution in [1.82, 2.24) is 10.2 Å². The Hall–Kier alpha value is -0.770. The summed E-state index contributed by atoms with van der Waals surface area (Å²) < 4.78 is 0. The van der Waals surface area contributed by atoms with Crippen molar-refractivity contribution in [1.29, 1.82) is 0 Å². The van der Waals surface area contributed by atoms with E-state index in [1.807, 2.05) is 6.07 Å². The second-order valence-corrected chi connectivity index (χ2v) is 7.14. The molecular weight excluding hydrogens is 282 g/mol. The summed E-state index contributed by atoms with van der Waals surface area (Å²) >= 11 is 6.26. The van der Waals surface area contributed by atoms with Crippen molar-refractivity contribution in [3.63, 3.8) is 0 Å². The lowest BCUT2D eigenvalue weighted by Gasteiger charge is -2.39. The fourth-order valence-corrected chi connectivity index (χ4v) is 3.90. The number of anilines is 1. The minimum atomic E-state index is 0.750. The predicted octanol–water partition coefficient (Wildman–Crippen LogP) is 2.88. The molecule has 21 heavy (non-hydrogen) atoms. The van der Waals surface area contributed by atoms with Gasteiger partial charge in [-0.2, -0.15) is 0 Å². The van der Waals surface area contributed by atoms with Gasteiger partial charge in [0.2, 0.25) is 0 Å². The molecule has 1 saturated carbocycles. The summed E-state index contributed by atoms with van der Waals surface area (Å²) in [4.78, 5) is 5.21. The van der Waals surface area contributed by atoms with Gasteiger partial charge < -0.3 is 10.2 Å². The van der Waals surface area contributed by atoms with E-state index in [-0.39, 0.29) is 0 Å². The molecule has 4 heteroatoms. The lowest BCUT2D eigenvalue weighted by molar-refractivity contribution is 0.231. The van der Waals surface area contributed by atoms with Gasteiger partial charge in [-0.05, 0) is 49.9 Å². The van der Waals surface area contributed by atoms with Crippen LogP contribution in [0.5, 0.6) is 0 Å². The van der Waals surface area contributed by atoms with Gasteiger partial charge in [-0.3, -0.25) is 4.90 Å². The van der Waals surface area contributed by atoms with Crippen molar-refractivity contribution in [2.24, 2.45) is 0 Å². The largest absolute Gasteiger partial charge is 0.368 e. The van der Waals surface area contributed by atoms with Gasteiger partial charge in [-0.15, -0.1) is 0 Å². The highest BCUT2D eigenvalue weighted by Crippen LogP contribution is 2.30. The molecule has 2 heterocycles. The number of nitrogens with zero attached hydrogens (tertiary/aromatic N) is 2. The molecule has 1 aromatic rings. The number of hydrogen-bond acceptors (Lipinski definition) is 3. The Kier molecular flexibility index (Phi) is 3.82. The molecule has 1 atom stereocenters. The second kappa shape index (κ2) is 5.79.